The van der Waals surface area contributed by atoms with E-state index >= 15 is 0 Å². The van der Waals surface area contributed by atoms with E-state index in [1.54, 1.807) is 0 Å². The zero-order valence-electron chi connectivity index (χ0n) is 11.4. The normalized spacial score (nSPS) is 12.6. The number of aliphatic hydroxyl groups is 1. The number of halogens is 3. The highest BCUT2D eigenvalue weighted by molar-refractivity contribution is 5.89. The van der Waals surface area contributed by atoms with Crippen LogP contribution in [-0.2, 0) is 0 Å². The number of hydrogen-bond donors (Lipinski definition) is 3. The summed E-state index contributed by atoms with van der Waals surface area (Å²) in [6.07, 6.45) is -4.00. The molecule has 0 aromatic heterocycles. The van der Waals surface area contributed by atoms with Crippen LogP contribution in [0.15, 0.2) is 24.3 Å². The zero-order chi connectivity index (χ0) is 15.9. The van der Waals surface area contributed by atoms with Gasteiger partial charge >= 0.3 is 12.4 Å². The SMILES string of the molecule is CCCC(O)CNC(=O)Nc1ccc(OC(F)(F)F)cc1. The lowest BCUT2D eigenvalue weighted by molar-refractivity contribution is -0.274. The number of alkyl halides is 3. The van der Waals surface area contributed by atoms with Crippen molar-refractivity contribution >= 4 is 11.7 Å². The first-order valence-electron chi connectivity index (χ1n) is 6.39. The second kappa shape index (κ2) is 7.72. The summed E-state index contributed by atoms with van der Waals surface area (Å²) < 4.78 is 39.6. The molecule has 0 aliphatic heterocycles. The molecule has 1 aromatic rings. The van der Waals surface area contributed by atoms with Crippen LogP contribution in [0, 0.1) is 0 Å². The number of rotatable bonds is 6. The highest BCUT2D eigenvalue weighted by Crippen LogP contribution is 2.23. The van der Waals surface area contributed by atoms with Crippen molar-refractivity contribution in [2.24, 2.45) is 0 Å². The molecule has 0 heterocycles. The van der Waals surface area contributed by atoms with Crippen LogP contribution in [0.1, 0.15) is 19.8 Å². The maximum atomic E-state index is 12.0. The second-order valence-electron chi connectivity index (χ2n) is 4.35. The van der Waals surface area contributed by atoms with Crippen LogP contribution in [-0.4, -0.2) is 30.1 Å². The highest BCUT2D eigenvalue weighted by Gasteiger charge is 2.30. The smallest absolute Gasteiger partial charge is 0.406 e. The molecule has 0 saturated carbocycles. The molecule has 2 amide bonds. The summed E-state index contributed by atoms with van der Waals surface area (Å²) in [6, 6.07) is 4.20. The Bertz CT molecular complexity index is 449. The number of benzene rings is 1. The van der Waals surface area contributed by atoms with Crippen LogP contribution in [0.4, 0.5) is 23.7 Å². The Kier molecular flexibility index (Phi) is 6.29. The number of carbonyl (C=O) groups is 1. The van der Waals surface area contributed by atoms with E-state index in [1.165, 1.54) is 12.1 Å². The molecular weight excluding hydrogens is 289 g/mol. The lowest BCUT2D eigenvalue weighted by Gasteiger charge is -2.12. The predicted octanol–water partition coefficient (Wildman–Crippen LogP) is 2.87. The van der Waals surface area contributed by atoms with Crippen molar-refractivity contribution in [3.8, 4) is 5.75 Å². The summed E-state index contributed by atoms with van der Waals surface area (Å²) in [5.74, 6) is -0.369. The third-order valence-electron chi connectivity index (χ3n) is 2.47. The Morgan fingerprint density at radius 2 is 1.95 bits per heavy atom. The van der Waals surface area contributed by atoms with Gasteiger partial charge in [-0.2, -0.15) is 0 Å². The Morgan fingerprint density at radius 1 is 1.33 bits per heavy atom. The van der Waals surface area contributed by atoms with Crippen molar-refractivity contribution in [3.63, 3.8) is 0 Å². The van der Waals surface area contributed by atoms with Gasteiger partial charge in [0.25, 0.3) is 0 Å². The van der Waals surface area contributed by atoms with Crippen LogP contribution < -0.4 is 15.4 Å². The molecule has 0 aliphatic rings. The maximum Gasteiger partial charge on any atom is 0.573 e. The van der Waals surface area contributed by atoms with Gasteiger partial charge in [0, 0.05) is 12.2 Å². The molecule has 5 nitrogen and oxygen atoms in total. The summed E-state index contributed by atoms with van der Waals surface area (Å²) in [6.45, 7) is 2.02. The third-order valence-corrected chi connectivity index (χ3v) is 2.47. The van der Waals surface area contributed by atoms with Gasteiger partial charge in [0.05, 0.1) is 6.10 Å². The second-order valence-corrected chi connectivity index (χ2v) is 4.35. The van der Waals surface area contributed by atoms with Gasteiger partial charge in [-0.3, -0.25) is 0 Å². The van der Waals surface area contributed by atoms with Crippen molar-refractivity contribution in [3.05, 3.63) is 24.3 Å². The van der Waals surface area contributed by atoms with Gasteiger partial charge in [-0.25, -0.2) is 4.79 Å². The topological polar surface area (TPSA) is 70.6 Å². The minimum absolute atomic E-state index is 0.106. The molecule has 0 spiro atoms. The number of anilines is 1. The minimum Gasteiger partial charge on any atom is -0.406 e. The summed E-state index contributed by atoms with van der Waals surface area (Å²) in [5.41, 5.74) is 0.312. The first-order chi connectivity index (χ1) is 9.80. The standard InChI is InChI=1S/C13H17F3N2O3/c1-2-3-10(19)8-17-12(20)18-9-4-6-11(7-5-9)21-13(14,15)16/h4-7,10,19H,2-3,8H2,1H3,(H2,17,18,20). The summed E-state index contributed by atoms with van der Waals surface area (Å²) in [7, 11) is 0. The molecule has 0 bridgehead atoms. The fourth-order valence-corrected chi connectivity index (χ4v) is 1.56. The maximum absolute atomic E-state index is 12.0. The number of hydrogen-bond acceptors (Lipinski definition) is 3. The average Bonchev–Trinajstić information content (AvgIpc) is 2.37. The minimum atomic E-state index is -4.75. The summed E-state index contributed by atoms with van der Waals surface area (Å²) >= 11 is 0. The van der Waals surface area contributed by atoms with E-state index in [0.29, 0.717) is 12.1 Å². The van der Waals surface area contributed by atoms with Crippen molar-refractivity contribution in [2.75, 3.05) is 11.9 Å². The van der Waals surface area contributed by atoms with Crippen molar-refractivity contribution < 1.29 is 27.8 Å². The van der Waals surface area contributed by atoms with Gasteiger partial charge in [-0.1, -0.05) is 13.3 Å². The Hall–Kier alpha value is -1.96. The lowest BCUT2D eigenvalue weighted by Crippen LogP contribution is -2.35. The number of carbonyl (C=O) groups excluding carboxylic acids is 1. The van der Waals surface area contributed by atoms with E-state index in [2.05, 4.69) is 15.4 Å². The van der Waals surface area contributed by atoms with Gasteiger partial charge in [-0.15, -0.1) is 13.2 Å². The van der Waals surface area contributed by atoms with E-state index < -0.39 is 18.5 Å². The first-order valence-corrected chi connectivity index (χ1v) is 6.39. The van der Waals surface area contributed by atoms with E-state index in [0.717, 1.165) is 18.6 Å². The Labute approximate surface area is 120 Å². The van der Waals surface area contributed by atoms with E-state index in [1.807, 2.05) is 6.92 Å². The van der Waals surface area contributed by atoms with Crippen LogP contribution in [0.25, 0.3) is 0 Å². The first kappa shape index (κ1) is 17.1. The van der Waals surface area contributed by atoms with Crippen molar-refractivity contribution in [1.82, 2.24) is 5.32 Å². The molecule has 1 unspecified atom stereocenters. The lowest BCUT2D eigenvalue weighted by atomic mass is 10.2. The zero-order valence-corrected chi connectivity index (χ0v) is 11.4. The van der Waals surface area contributed by atoms with E-state index in [9.17, 15) is 23.1 Å². The molecule has 0 saturated heterocycles. The quantitative estimate of drug-likeness (QED) is 0.757. The van der Waals surface area contributed by atoms with Gasteiger partial charge in [-0.05, 0) is 30.7 Å². The van der Waals surface area contributed by atoms with Crippen LogP contribution in [0.5, 0.6) is 5.75 Å². The molecule has 3 N–H and O–H groups in total. The molecule has 0 fully saturated rings. The van der Waals surface area contributed by atoms with Crippen molar-refractivity contribution in [1.29, 1.82) is 0 Å². The molecule has 1 aromatic carbocycles. The molecule has 0 radical (unpaired) electrons. The van der Waals surface area contributed by atoms with E-state index in [-0.39, 0.29) is 12.3 Å². The molecule has 21 heavy (non-hydrogen) atoms. The van der Waals surface area contributed by atoms with Crippen molar-refractivity contribution in [2.45, 2.75) is 32.2 Å². The number of ether oxygens (including phenoxy) is 1. The number of aliphatic hydroxyl groups excluding tert-OH is 1. The fourth-order valence-electron chi connectivity index (χ4n) is 1.56. The predicted molar refractivity (Wildman–Crippen MR) is 71.1 cm³/mol. The molecule has 118 valence electrons. The monoisotopic (exact) mass is 306 g/mol. The summed E-state index contributed by atoms with van der Waals surface area (Å²) in [5, 5.41) is 14.3. The van der Waals surface area contributed by atoms with Gasteiger partial charge in [0.1, 0.15) is 5.75 Å². The molecular formula is C13H17F3N2O3. The average molecular weight is 306 g/mol. The van der Waals surface area contributed by atoms with Crippen LogP contribution in [0.3, 0.4) is 0 Å². The number of nitrogens with one attached hydrogen (secondary N) is 2. The fraction of sp³-hybridized carbons (Fsp3) is 0.462. The number of urea groups is 1. The Balaban J connectivity index is 2.43. The molecule has 8 heteroatoms. The Morgan fingerprint density at radius 3 is 2.48 bits per heavy atom. The van der Waals surface area contributed by atoms with Crippen LogP contribution >= 0.6 is 0 Å². The third kappa shape index (κ3) is 7.40. The largest absolute Gasteiger partial charge is 0.573 e. The van der Waals surface area contributed by atoms with E-state index in [4.69, 9.17) is 0 Å². The molecule has 1 rings (SSSR count). The highest BCUT2D eigenvalue weighted by atomic mass is 19.4. The summed E-state index contributed by atoms with van der Waals surface area (Å²) in [4.78, 5) is 11.5. The van der Waals surface area contributed by atoms with Gasteiger partial charge in [0.15, 0.2) is 0 Å². The molecule has 1 atom stereocenters. The molecule has 0 aliphatic carbocycles. The van der Waals surface area contributed by atoms with Gasteiger partial charge in [0.2, 0.25) is 0 Å². The number of amides is 2. The van der Waals surface area contributed by atoms with Crippen LogP contribution in [0.2, 0.25) is 0 Å². The van der Waals surface area contributed by atoms with Gasteiger partial charge < -0.3 is 20.5 Å².